The van der Waals surface area contributed by atoms with Gasteiger partial charge >= 0.3 is 5.97 Å². The summed E-state index contributed by atoms with van der Waals surface area (Å²) in [5.41, 5.74) is 0.160. The molecule has 0 aliphatic carbocycles. The number of benzene rings is 2. The number of amides is 1. The lowest BCUT2D eigenvalue weighted by Gasteiger charge is -2.37. The van der Waals surface area contributed by atoms with Crippen LogP contribution in [-0.4, -0.2) is 23.6 Å². The SMILES string of the molecule is CC(C)(C)OC(=O)C[C@H]1O[C@H](c2cccc(Cl)c2)C(c2ccc(Cl)cc2F)NC1=O. The van der Waals surface area contributed by atoms with Crippen LogP contribution in [0.2, 0.25) is 10.0 Å². The van der Waals surface area contributed by atoms with Crippen LogP contribution in [0.1, 0.15) is 50.5 Å². The van der Waals surface area contributed by atoms with Gasteiger partial charge in [-0.3, -0.25) is 9.59 Å². The summed E-state index contributed by atoms with van der Waals surface area (Å²) in [5.74, 6) is -1.67. The fourth-order valence-corrected chi connectivity index (χ4v) is 3.62. The molecule has 30 heavy (non-hydrogen) atoms. The van der Waals surface area contributed by atoms with E-state index in [-0.39, 0.29) is 17.0 Å². The molecular weight excluding hydrogens is 432 g/mol. The van der Waals surface area contributed by atoms with Gasteiger partial charge in [0.05, 0.1) is 12.5 Å². The number of esters is 1. The number of halogens is 3. The predicted molar refractivity (Wildman–Crippen MR) is 112 cm³/mol. The monoisotopic (exact) mass is 453 g/mol. The van der Waals surface area contributed by atoms with E-state index in [9.17, 15) is 14.0 Å². The molecule has 0 radical (unpaired) electrons. The molecule has 1 aliphatic rings. The van der Waals surface area contributed by atoms with Crippen molar-refractivity contribution in [2.24, 2.45) is 0 Å². The van der Waals surface area contributed by atoms with Gasteiger partial charge in [-0.15, -0.1) is 0 Å². The van der Waals surface area contributed by atoms with E-state index in [2.05, 4.69) is 5.32 Å². The molecule has 1 aliphatic heterocycles. The van der Waals surface area contributed by atoms with E-state index in [4.69, 9.17) is 32.7 Å². The number of nitrogens with one attached hydrogen (secondary N) is 1. The minimum Gasteiger partial charge on any atom is -0.460 e. The molecule has 1 unspecified atom stereocenters. The van der Waals surface area contributed by atoms with Crippen molar-refractivity contribution >= 4 is 35.1 Å². The van der Waals surface area contributed by atoms with E-state index in [0.29, 0.717) is 10.6 Å². The van der Waals surface area contributed by atoms with Crippen LogP contribution in [0.25, 0.3) is 0 Å². The van der Waals surface area contributed by atoms with Crippen LogP contribution in [-0.2, 0) is 19.1 Å². The van der Waals surface area contributed by atoms with E-state index in [1.807, 2.05) is 0 Å². The van der Waals surface area contributed by atoms with Crippen molar-refractivity contribution in [1.29, 1.82) is 0 Å². The molecule has 1 N–H and O–H groups in total. The molecule has 160 valence electrons. The number of hydrogen-bond acceptors (Lipinski definition) is 4. The van der Waals surface area contributed by atoms with Crippen molar-refractivity contribution in [3.05, 3.63) is 69.5 Å². The molecule has 0 saturated carbocycles. The van der Waals surface area contributed by atoms with E-state index in [0.717, 1.165) is 0 Å². The number of hydrogen-bond donors (Lipinski definition) is 1. The maximum Gasteiger partial charge on any atom is 0.309 e. The first-order valence-electron chi connectivity index (χ1n) is 9.41. The van der Waals surface area contributed by atoms with Crippen LogP contribution in [0.3, 0.4) is 0 Å². The zero-order chi connectivity index (χ0) is 22.1. The number of carbonyl (C=O) groups is 2. The van der Waals surface area contributed by atoms with Crippen LogP contribution in [0.5, 0.6) is 0 Å². The molecule has 0 aromatic heterocycles. The Bertz CT molecular complexity index is 960. The molecule has 8 heteroatoms. The highest BCUT2D eigenvalue weighted by Gasteiger charge is 2.40. The second-order valence-electron chi connectivity index (χ2n) is 8.04. The summed E-state index contributed by atoms with van der Waals surface area (Å²) >= 11 is 12.0. The summed E-state index contributed by atoms with van der Waals surface area (Å²) in [6.45, 7) is 5.21. The maximum absolute atomic E-state index is 14.6. The second-order valence-corrected chi connectivity index (χ2v) is 8.92. The summed E-state index contributed by atoms with van der Waals surface area (Å²) in [4.78, 5) is 24.9. The summed E-state index contributed by atoms with van der Waals surface area (Å²) in [6, 6.07) is 10.2. The van der Waals surface area contributed by atoms with Gasteiger partial charge in [-0.05, 0) is 50.6 Å². The van der Waals surface area contributed by atoms with E-state index in [1.54, 1.807) is 45.0 Å². The molecule has 5 nitrogen and oxygen atoms in total. The Labute approximate surface area is 184 Å². The zero-order valence-electron chi connectivity index (χ0n) is 16.7. The maximum atomic E-state index is 14.6. The first kappa shape index (κ1) is 22.5. The highest BCUT2D eigenvalue weighted by molar-refractivity contribution is 6.30. The normalized spacial score (nSPS) is 21.8. The topological polar surface area (TPSA) is 64.6 Å². The summed E-state index contributed by atoms with van der Waals surface area (Å²) in [6.07, 6.45) is -2.13. The molecule has 1 heterocycles. The van der Waals surface area contributed by atoms with Crippen LogP contribution < -0.4 is 5.32 Å². The quantitative estimate of drug-likeness (QED) is 0.649. The minimum absolute atomic E-state index is 0.216. The van der Waals surface area contributed by atoms with Crippen LogP contribution >= 0.6 is 23.2 Å². The van der Waals surface area contributed by atoms with Crippen molar-refractivity contribution in [3.63, 3.8) is 0 Å². The smallest absolute Gasteiger partial charge is 0.309 e. The van der Waals surface area contributed by atoms with Gasteiger partial charge in [0.1, 0.15) is 23.6 Å². The Balaban J connectivity index is 1.92. The molecule has 0 bridgehead atoms. The average molecular weight is 454 g/mol. The van der Waals surface area contributed by atoms with Gasteiger partial charge in [-0.25, -0.2) is 4.39 Å². The van der Waals surface area contributed by atoms with Crippen molar-refractivity contribution in [3.8, 4) is 0 Å². The fourth-order valence-electron chi connectivity index (χ4n) is 3.26. The van der Waals surface area contributed by atoms with Crippen molar-refractivity contribution in [2.75, 3.05) is 0 Å². The van der Waals surface area contributed by atoms with Crippen molar-refractivity contribution in [1.82, 2.24) is 5.32 Å². The lowest BCUT2D eigenvalue weighted by atomic mass is 9.92. The number of morpholine rings is 1. The molecule has 1 amide bonds. The predicted octanol–water partition coefficient (Wildman–Crippen LogP) is 5.16. The van der Waals surface area contributed by atoms with Crippen molar-refractivity contribution < 1.29 is 23.5 Å². The second kappa shape index (κ2) is 8.92. The lowest BCUT2D eigenvalue weighted by Crippen LogP contribution is -2.49. The molecule has 3 atom stereocenters. The van der Waals surface area contributed by atoms with E-state index in [1.165, 1.54) is 18.2 Å². The molecule has 1 fully saturated rings. The summed E-state index contributed by atoms with van der Waals surface area (Å²) in [7, 11) is 0. The number of carbonyl (C=O) groups excluding carboxylic acids is 2. The lowest BCUT2D eigenvalue weighted by molar-refractivity contribution is -0.168. The standard InChI is InChI=1S/C22H22Cl2FNO4/c1-22(2,3)30-18(27)11-17-21(28)26-19(15-8-7-14(24)10-16(15)25)20(29-17)12-5-4-6-13(23)9-12/h4-10,17,19-20H,11H2,1-3H3,(H,26,28)/t17-,19?,20-/m1/s1. The van der Waals surface area contributed by atoms with Crippen LogP contribution in [0.15, 0.2) is 42.5 Å². The van der Waals surface area contributed by atoms with Gasteiger partial charge in [-0.1, -0.05) is 41.4 Å². The van der Waals surface area contributed by atoms with E-state index >= 15 is 0 Å². The van der Waals surface area contributed by atoms with Gasteiger partial charge in [-0.2, -0.15) is 0 Å². The van der Waals surface area contributed by atoms with Gasteiger partial charge in [0.25, 0.3) is 0 Å². The largest absolute Gasteiger partial charge is 0.460 e. The Hall–Kier alpha value is -2.15. The van der Waals surface area contributed by atoms with Gasteiger partial charge < -0.3 is 14.8 Å². The molecule has 1 saturated heterocycles. The summed E-state index contributed by atoms with van der Waals surface area (Å²) in [5, 5.41) is 3.48. The first-order valence-corrected chi connectivity index (χ1v) is 10.2. The van der Waals surface area contributed by atoms with Crippen molar-refractivity contribution in [2.45, 2.75) is 51.0 Å². The van der Waals surface area contributed by atoms with Gasteiger partial charge in [0.2, 0.25) is 5.91 Å². The Morgan fingerprint density at radius 3 is 2.50 bits per heavy atom. The molecule has 3 rings (SSSR count). The third-order valence-electron chi connectivity index (χ3n) is 4.45. The molecule has 0 spiro atoms. The van der Waals surface area contributed by atoms with Gasteiger partial charge in [0.15, 0.2) is 0 Å². The molecule has 2 aromatic carbocycles. The molecular formula is C22H22Cl2FNO4. The number of ether oxygens (including phenoxy) is 2. The zero-order valence-corrected chi connectivity index (χ0v) is 18.3. The molecule has 2 aromatic rings. The van der Waals surface area contributed by atoms with E-state index < -0.39 is 41.5 Å². The highest BCUT2D eigenvalue weighted by atomic mass is 35.5. The average Bonchev–Trinajstić information content (AvgIpc) is 2.62. The first-order chi connectivity index (χ1) is 14.0. The Morgan fingerprint density at radius 1 is 1.17 bits per heavy atom. The number of rotatable bonds is 4. The fraction of sp³-hybridized carbons (Fsp3) is 0.364. The minimum atomic E-state index is -1.09. The Kier molecular flexibility index (Phi) is 6.70. The third-order valence-corrected chi connectivity index (χ3v) is 4.92. The third kappa shape index (κ3) is 5.50. The summed E-state index contributed by atoms with van der Waals surface area (Å²) < 4.78 is 25.9. The van der Waals surface area contributed by atoms with Crippen LogP contribution in [0.4, 0.5) is 4.39 Å². The highest BCUT2D eigenvalue weighted by Crippen LogP contribution is 2.39. The van der Waals surface area contributed by atoms with Crippen LogP contribution in [0, 0.1) is 5.82 Å². The van der Waals surface area contributed by atoms with Gasteiger partial charge in [0, 0.05) is 15.6 Å². The Morgan fingerprint density at radius 2 is 1.87 bits per heavy atom.